The number of hydrogen-bond donors (Lipinski definition) is 1. The Morgan fingerprint density at radius 3 is 2.80 bits per heavy atom. The van der Waals surface area contributed by atoms with Crippen LogP contribution in [0.3, 0.4) is 0 Å². The first-order valence-electron chi connectivity index (χ1n) is 5.28. The summed E-state index contributed by atoms with van der Waals surface area (Å²) in [5, 5.41) is 10.5. The first-order valence-corrected chi connectivity index (χ1v) is 5.28. The molecule has 0 spiro atoms. The van der Waals surface area contributed by atoms with Gasteiger partial charge in [-0.2, -0.15) is 0 Å². The van der Waals surface area contributed by atoms with Gasteiger partial charge in [-0.25, -0.2) is 0 Å². The van der Waals surface area contributed by atoms with Gasteiger partial charge in [-0.3, -0.25) is 0 Å². The van der Waals surface area contributed by atoms with Gasteiger partial charge < -0.3 is 5.11 Å². The highest BCUT2D eigenvalue weighted by atomic mass is 16.3. The van der Waals surface area contributed by atoms with E-state index in [9.17, 15) is 5.11 Å². The van der Waals surface area contributed by atoms with E-state index >= 15 is 0 Å². The summed E-state index contributed by atoms with van der Waals surface area (Å²) in [7, 11) is 0. The zero-order valence-corrected chi connectivity index (χ0v) is 9.46. The van der Waals surface area contributed by atoms with Crippen LogP contribution in [-0.4, -0.2) is 10.7 Å². The molecule has 2 unspecified atom stereocenters. The molecule has 0 aromatic rings. The zero-order chi connectivity index (χ0) is 11.4. The molecule has 0 amide bonds. The van der Waals surface area contributed by atoms with Crippen LogP contribution in [0.5, 0.6) is 0 Å². The second-order valence-corrected chi connectivity index (χ2v) is 4.07. The van der Waals surface area contributed by atoms with Crippen molar-refractivity contribution >= 4 is 0 Å². The number of rotatable bonds is 2. The molecule has 1 aliphatic rings. The maximum atomic E-state index is 10.5. The Balaban J connectivity index is 3.04. The Bertz CT molecular complexity index is 353. The van der Waals surface area contributed by atoms with Gasteiger partial charge >= 0.3 is 0 Å². The lowest BCUT2D eigenvalue weighted by molar-refractivity contribution is -0.00163. The Kier molecular flexibility index (Phi) is 3.55. The van der Waals surface area contributed by atoms with Crippen LogP contribution in [0.15, 0.2) is 37.0 Å². The maximum absolute atomic E-state index is 10.5. The Morgan fingerprint density at radius 1 is 1.60 bits per heavy atom. The first kappa shape index (κ1) is 11.8. The molecule has 0 saturated heterocycles. The van der Waals surface area contributed by atoms with E-state index in [0.717, 1.165) is 6.42 Å². The molecule has 0 bridgehead atoms. The largest absolute Gasteiger partial charge is 0.384 e. The minimum atomic E-state index is -0.855. The number of allylic oxidation sites excluding steroid dienone is 3. The fourth-order valence-corrected chi connectivity index (χ4v) is 1.73. The third-order valence-electron chi connectivity index (χ3n) is 3.16. The molecule has 0 aromatic heterocycles. The van der Waals surface area contributed by atoms with Crippen LogP contribution in [0, 0.1) is 17.3 Å². The van der Waals surface area contributed by atoms with Gasteiger partial charge in [0.1, 0.15) is 5.60 Å². The highest BCUT2D eigenvalue weighted by molar-refractivity contribution is 5.30. The molecular weight excluding hydrogens is 184 g/mol. The summed E-state index contributed by atoms with van der Waals surface area (Å²) in [6, 6.07) is 0. The van der Waals surface area contributed by atoms with E-state index in [1.165, 1.54) is 0 Å². The molecule has 1 aliphatic carbocycles. The molecule has 80 valence electrons. The van der Waals surface area contributed by atoms with Crippen LogP contribution >= 0.6 is 0 Å². The summed E-state index contributed by atoms with van der Waals surface area (Å²) in [6.07, 6.45) is 10.7. The zero-order valence-electron chi connectivity index (χ0n) is 9.46. The average molecular weight is 202 g/mol. The standard InChI is InChI=1S/C14H18O/c1-4-6-10-13(3,5-2)14(15)11-8-7-9-12-14/h4,7-9,11,15H,1,5,12H2,2-3H3. The van der Waals surface area contributed by atoms with E-state index in [0.29, 0.717) is 6.42 Å². The molecule has 1 N–H and O–H groups in total. The lowest BCUT2D eigenvalue weighted by Crippen LogP contribution is -2.44. The van der Waals surface area contributed by atoms with Crippen LogP contribution in [0.1, 0.15) is 26.7 Å². The van der Waals surface area contributed by atoms with Crippen LogP contribution in [0.25, 0.3) is 0 Å². The average Bonchev–Trinajstić information content (AvgIpc) is 2.26. The van der Waals surface area contributed by atoms with Crippen molar-refractivity contribution in [1.29, 1.82) is 0 Å². The Hall–Kier alpha value is -1.26. The summed E-state index contributed by atoms with van der Waals surface area (Å²) in [5.41, 5.74) is -1.27. The topological polar surface area (TPSA) is 20.2 Å². The predicted octanol–water partition coefficient (Wildman–Crippen LogP) is 2.84. The van der Waals surface area contributed by atoms with Gasteiger partial charge in [-0.05, 0) is 25.8 Å². The number of hydrogen-bond acceptors (Lipinski definition) is 1. The van der Waals surface area contributed by atoms with Gasteiger partial charge in [0.2, 0.25) is 0 Å². The lowest BCUT2D eigenvalue weighted by atomic mass is 9.69. The van der Waals surface area contributed by atoms with Gasteiger partial charge in [-0.15, -0.1) is 0 Å². The highest BCUT2D eigenvalue weighted by Gasteiger charge is 2.42. The van der Waals surface area contributed by atoms with Crippen molar-refractivity contribution in [2.45, 2.75) is 32.3 Å². The summed E-state index contributed by atoms with van der Waals surface area (Å²) in [4.78, 5) is 0. The fourth-order valence-electron chi connectivity index (χ4n) is 1.73. The molecule has 0 aliphatic heterocycles. The molecule has 0 fully saturated rings. The molecule has 1 nitrogen and oxygen atoms in total. The monoisotopic (exact) mass is 202 g/mol. The van der Waals surface area contributed by atoms with Crippen molar-refractivity contribution in [3.8, 4) is 11.8 Å². The molecule has 0 heterocycles. The minimum absolute atomic E-state index is 0.414. The van der Waals surface area contributed by atoms with Crippen molar-refractivity contribution < 1.29 is 5.11 Å². The molecule has 1 heteroatoms. The Labute approximate surface area is 92.2 Å². The van der Waals surface area contributed by atoms with Crippen LogP contribution in [0.2, 0.25) is 0 Å². The van der Waals surface area contributed by atoms with Crippen molar-refractivity contribution in [2.24, 2.45) is 5.41 Å². The van der Waals surface area contributed by atoms with Crippen molar-refractivity contribution in [1.82, 2.24) is 0 Å². The van der Waals surface area contributed by atoms with Crippen molar-refractivity contribution in [3.05, 3.63) is 37.0 Å². The van der Waals surface area contributed by atoms with Crippen LogP contribution in [-0.2, 0) is 0 Å². The van der Waals surface area contributed by atoms with E-state index in [1.807, 2.05) is 38.2 Å². The number of aliphatic hydroxyl groups is 1. The van der Waals surface area contributed by atoms with Crippen LogP contribution in [0.4, 0.5) is 0 Å². The molecular formula is C14H18O. The first-order chi connectivity index (χ1) is 7.08. The minimum Gasteiger partial charge on any atom is -0.384 e. The molecule has 1 rings (SSSR count). The summed E-state index contributed by atoms with van der Waals surface area (Å²) < 4.78 is 0. The van der Waals surface area contributed by atoms with E-state index in [4.69, 9.17) is 0 Å². The van der Waals surface area contributed by atoms with E-state index < -0.39 is 11.0 Å². The molecule has 15 heavy (non-hydrogen) atoms. The SMILES string of the molecule is C=CC#CC(C)(CC)C1(O)C=CC=CC1. The lowest BCUT2D eigenvalue weighted by Gasteiger charge is -2.39. The molecule has 0 radical (unpaired) electrons. The molecule has 2 atom stereocenters. The smallest absolute Gasteiger partial charge is 0.103 e. The van der Waals surface area contributed by atoms with Gasteiger partial charge in [0.15, 0.2) is 0 Å². The summed E-state index contributed by atoms with van der Waals surface area (Å²) in [6.45, 7) is 7.62. The normalized spacial score (nSPS) is 27.7. The van der Waals surface area contributed by atoms with Gasteiger partial charge in [0.05, 0.1) is 5.41 Å². The molecule has 0 saturated carbocycles. The highest BCUT2D eigenvalue weighted by Crippen LogP contribution is 2.39. The second kappa shape index (κ2) is 4.51. The Morgan fingerprint density at radius 2 is 2.33 bits per heavy atom. The van der Waals surface area contributed by atoms with Crippen molar-refractivity contribution in [3.63, 3.8) is 0 Å². The predicted molar refractivity (Wildman–Crippen MR) is 64.2 cm³/mol. The quantitative estimate of drug-likeness (QED) is 0.683. The van der Waals surface area contributed by atoms with Gasteiger partial charge in [0, 0.05) is 0 Å². The van der Waals surface area contributed by atoms with Crippen LogP contribution < -0.4 is 0 Å². The van der Waals surface area contributed by atoms with E-state index in [-0.39, 0.29) is 0 Å². The fraction of sp³-hybridized carbons (Fsp3) is 0.429. The maximum Gasteiger partial charge on any atom is 0.103 e. The summed E-state index contributed by atoms with van der Waals surface area (Å²) in [5.74, 6) is 5.96. The second-order valence-electron chi connectivity index (χ2n) is 4.07. The van der Waals surface area contributed by atoms with E-state index in [1.54, 1.807) is 6.08 Å². The van der Waals surface area contributed by atoms with E-state index in [2.05, 4.69) is 18.4 Å². The third-order valence-corrected chi connectivity index (χ3v) is 3.16. The van der Waals surface area contributed by atoms with Gasteiger partial charge in [-0.1, -0.05) is 49.6 Å². The molecule has 0 aromatic carbocycles. The summed E-state index contributed by atoms with van der Waals surface area (Å²) >= 11 is 0. The van der Waals surface area contributed by atoms with Gasteiger partial charge in [0.25, 0.3) is 0 Å². The van der Waals surface area contributed by atoms with Crippen molar-refractivity contribution in [2.75, 3.05) is 0 Å². The third kappa shape index (κ3) is 2.22.